The van der Waals surface area contributed by atoms with Gasteiger partial charge in [-0.05, 0) is 40.2 Å². The summed E-state index contributed by atoms with van der Waals surface area (Å²) in [6.07, 6.45) is 3.57. The quantitative estimate of drug-likeness (QED) is 0.788. The zero-order valence-corrected chi connectivity index (χ0v) is 11.5. The SMILES string of the molecule is O=C(Nc1ccccc1Br)c1cn2ccccc2n1. The molecule has 3 aromatic rings. The maximum absolute atomic E-state index is 12.1. The molecule has 0 spiro atoms. The Labute approximate surface area is 118 Å². The average molecular weight is 316 g/mol. The van der Waals surface area contributed by atoms with Gasteiger partial charge in [-0.15, -0.1) is 0 Å². The number of halogens is 1. The number of imidazole rings is 1. The van der Waals surface area contributed by atoms with Gasteiger partial charge in [0.25, 0.3) is 5.91 Å². The van der Waals surface area contributed by atoms with Crippen molar-refractivity contribution in [2.24, 2.45) is 0 Å². The van der Waals surface area contributed by atoms with Crippen LogP contribution in [-0.4, -0.2) is 15.3 Å². The van der Waals surface area contributed by atoms with Crippen LogP contribution in [0.3, 0.4) is 0 Å². The molecule has 1 N–H and O–H groups in total. The number of amides is 1. The fourth-order valence-electron chi connectivity index (χ4n) is 1.79. The molecule has 5 heteroatoms. The summed E-state index contributed by atoms with van der Waals surface area (Å²) in [4.78, 5) is 16.4. The highest BCUT2D eigenvalue weighted by Gasteiger charge is 2.11. The number of hydrogen-bond acceptors (Lipinski definition) is 2. The normalized spacial score (nSPS) is 10.6. The van der Waals surface area contributed by atoms with E-state index in [-0.39, 0.29) is 5.91 Å². The summed E-state index contributed by atoms with van der Waals surface area (Å²) in [5.41, 5.74) is 1.87. The molecule has 4 nitrogen and oxygen atoms in total. The molecular weight excluding hydrogens is 306 g/mol. The van der Waals surface area contributed by atoms with Gasteiger partial charge in [-0.2, -0.15) is 0 Å². The van der Waals surface area contributed by atoms with E-state index in [1.807, 2.05) is 53.1 Å². The maximum atomic E-state index is 12.1. The predicted octanol–water partition coefficient (Wildman–Crippen LogP) is 3.35. The Balaban J connectivity index is 1.90. The van der Waals surface area contributed by atoms with E-state index in [1.165, 1.54) is 0 Å². The number of fused-ring (bicyclic) bond motifs is 1. The second-order valence-corrected chi connectivity index (χ2v) is 4.88. The highest BCUT2D eigenvalue weighted by Crippen LogP contribution is 2.21. The van der Waals surface area contributed by atoms with Crippen LogP contribution in [0.2, 0.25) is 0 Å². The summed E-state index contributed by atoms with van der Waals surface area (Å²) in [6, 6.07) is 13.1. The summed E-state index contributed by atoms with van der Waals surface area (Å²) in [7, 11) is 0. The Morgan fingerprint density at radius 1 is 1.16 bits per heavy atom. The van der Waals surface area contributed by atoms with Gasteiger partial charge in [0.1, 0.15) is 11.3 Å². The number of anilines is 1. The molecule has 3 rings (SSSR count). The van der Waals surface area contributed by atoms with Crippen LogP contribution in [-0.2, 0) is 0 Å². The minimum atomic E-state index is -0.226. The van der Waals surface area contributed by atoms with Crippen molar-refractivity contribution in [2.75, 3.05) is 5.32 Å². The standard InChI is InChI=1S/C14H10BrN3O/c15-10-5-1-2-6-11(10)17-14(19)12-9-18-8-4-3-7-13(18)16-12/h1-9H,(H,17,19). The van der Waals surface area contributed by atoms with E-state index in [4.69, 9.17) is 0 Å². The lowest BCUT2D eigenvalue weighted by Crippen LogP contribution is -2.12. The number of para-hydroxylation sites is 1. The summed E-state index contributed by atoms with van der Waals surface area (Å²) < 4.78 is 2.65. The minimum Gasteiger partial charge on any atom is -0.320 e. The molecular formula is C14H10BrN3O. The van der Waals surface area contributed by atoms with Crippen LogP contribution >= 0.6 is 15.9 Å². The minimum absolute atomic E-state index is 0.226. The van der Waals surface area contributed by atoms with E-state index in [2.05, 4.69) is 26.2 Å². The van der Waals surface area contributed by atoms with Crippen molar-refractivity contribution in [3.63, 3.8) is 0 Å². The van der Waals surface area contributed by atoms with Crippen LogP contribution in [0.1, 0.15) is 10.5 Å². The van der Waals surface area contributed by atoms with Gasteiger partial charge in [-0.25, -0.2) is 4.98 Å². The molecule has 0 unspecified atom stereocenters. The zero-order chi connectivity index (χ0) is 13.2. The van der Waals surface area contributed by atoms with Crippen molar-refractivity contribution in [3.05, 3.63) is 65.0 Å². The number of benzene rings is 1. The zero-order valence-electron chi connectivity index (χ0n) is 9.88. The van der Waals surface area contributed by atoms with Crippen molar-refractivity contribution < 1.29 is 4.79 Å². The third-order valence-electron chi connectivity index (χ3n) is 2.72. The summed E-state index contributed by atoms with van der Waals surface area (Å²) in [5, 5.41) is 2.83. The first kappa shape index (κ1) is 11.9. The Morgan fingerprint density at radius 2 is 1.95 bits per heavy atom. The van der Waals surface area contributed by atoms with E-state index in [9.17, 15) is 4.79 Å². The first-order valence-corrected chi connectivity index (χ1v) is 6.53. The molecule has 94 valence electrons. The number of hydrogen-bond donors (Lipinski definition) is 1. The number of nitrogens with one attached hydrogen (secondary N) is 1. The Kier molecular flexibility index (Phi) is 3.05. The average Bonchev–Trinajstić information content (AvgIpc) is 2.85. The van der Waals surface area contributed by atoms with Gasteiger partial charge in [0.05, 0.1) is 5.69 Å². The Morgan fingerprint density at radius 3 is 2.74 bits per heavy atom. The summed E-state index contributed by atoms with van der Waals surface area (Å²) in [6.45, 7) is 0. The van der Waals surface area contributed by atoms with Gasteiger partial charge in [-0.1, -0.05) is 18.2 Å². The molecule has 2 aromatic heterocycles. The Hall–Kier alpha value is -2.14. The maximum Gasteiger partial charge on any atom is 0.275 e. The van der Waals surface area contributed by atoms with Crippen LogP contribution in [0, 0.1) is 0 Å². The van der Waals surface area contributed by atoms with Crippen LogP contribution in [0.5, 0.6) is 0 Å². The lowest BCUT2D eigenvalue weighted by Gasteiger charge is -2.04. The molecule has 0 aliphatic heterocycles. The van der Waals surface area contributed by atoms with Gasteiger partial charge in [0.15, 0.2) is 0 Å². The van der Waals surface area contributed by atoms with Crippen molar-refractivity contribution >= 4 is 33.2 Å². The second-order valence-electron chi connectivity index (χ2n) is 4.03. The van der Waals surface area contributed by atoms with E-state index in [1.54, 1.807) is 6.20 Å². The summed E-state index contributed by atoms with van der Waals surface area (Å²) in [5.74, 6) is -0.226. The number of nitrogens with zero attached hydrogens (tertiary/aromatic N) is 2. The number of pyridine rings is 1. The molecule has 0 atom stereocenters. The second kappa shape index (κ2) is 4.85. The van der Waals surface area contributed by atoms with Crippen molar-refractivity contribution in [2.45, 2.75) is 0 Å². The largest absolute Gasteiger partial charge is 0.320 e. The van der Waals surface area contributed by atoms with Crippen LogP contribution in [0.15, 0.2) is 59.3 Å². The molecule has 0 saturated carbocycles. The van der Waals surface area contributed by atoms with Gasteiger partial charge in [-0.3, -0.25) is 4.79 Å². The smallest absolute Gasteiger partial charge is 0.275 e. The first-order chi connectivity index (χ1) is 9.24. The van der Waals surface area contributed by atoms with E-state index >= 15 is 0 Å². The fourth-order valence-corrected chi connectivity index (χ4v) is 2.18. The molecule has 1 amide bonds. The number of aromatic nitrogens is 2. The number of carbonyl (C=O) groups excluding carboxylic acids is 1. The van der Waals surface area contributed by atoms with Crippen LogP contribution < -0.4 is 5.32 Å². The van der Waals surface area contributed by atoms with Crippen LogP contribution in [0.4, 0.5) is 5.69 Å². The first-order valence-electron chi connectivity index (χ1n) is 5.74. The van der Waals surface area contributed by atoms with Gasteiger partial charge in [0.2, 0.25) is 0 Å². The monoisotopic (exact) mass is 315 g/mol. The highest BCUT2D eigenvalue weighted by molar-refractivity contribution is 9.10. The molecule has 0 radical (unpaired) electrons. The van der Waals surface area contributed by atoms with Gasteiger partial charge in [0, 0.05) is 16.9 Å². The third kappa shape index (κ3) is 2.37. The summed E-state index contributed by atoms with van der Waals surface area (Å²) >= 11 is 3.39. The van der Waals surface area contributed by atoms with E-state index in [0.29, 0.717) is 5.69 Å². The topological polar surface area (TPSA) is 46.4 Å². The lowest BCUT2D eigenvalue weighted by molar-refractivity contribution is 0.102. The highest BCUT2D eigenvalue weighted by atomic mass is 79.9. The van der Waals surface area contributed by atoms with Crippen LogP contribution in [0.25, 0.3) is 5.65 Å². The van der Waals surface area contributed by atoms with Crippen molar-refractivity contribution in [3.8, 4) is 0 Å². The molecule has 0 fully saturated rings. The lowest BCUT2D eigenvalue weighted by atomic mass is 10.3. The third-order valence-corrected chi connectivity index (χ3v) is 3.41. The number of rotatable bonds is 2. The molecule has 1 aromatic carbocycles. The predicted molar refractivity (Wildman–Crippen MR) is 77.3 cm³/mol. The van der Waals surface area contributed by atoms with Gasteiger partial charge >= 0.3 is 0 Å². The molecule has 19 heavy (non-hydrogen) atoms. The molecule has 0 aliphatic carbocycles. The van der Waals surface area contributed by atoms with E-state index in [0.717, 1.165) is 15.8 Å². The Bertz CT molecular complexity index is 718. The van der Waals surface area contributed by atoms with Gasteiger partial charge < -0.3 is 9.72 Å². The fraction of sp³-hybridized carbons (Fsp3) is 0. The van der Waals surface area contributed by atoms with Crippen molar-refractivity contribution in [1.29, 1.82) is 0 Å². The van der Waals surface area contributed by atoms with E-state index < -0.39 is 0 Å². The molecule has 2 heterocycles. The van der Waals surface area contributed by atoms with Crippen molar-refractivity contribution in [1.82, 2.24) is 9.38 Å². The molecule has 0 saturated heterocycles. The molecule has 0 bridgehead atoms. The molecule has 0 aliphatic rings. The number of carbonyl (C=O) groups is 1.